The molecule has 0 saturated carbocycles. The van der Waals surface area contributed by atoms with Gasteiger partial charge in [0.1, 0.15) is 0 Å². The molecule has 0 N–H and O–H groups in total. The second-order valence-corrected chi connectivity index (χ2v) is 15.5. The summed E-state index contributed by atoms with van der Waals surface area (Å²) in [5.74, 6) is 0. The van der Waals surface area contributed by atoms with E-state index in [0.717, 1.165) is 17.1 Å². The fourth-order valence-electron chi connectivity index (χ4n) is 9.19. The lowest BCUT2D eigenvalue weighted by Crippen LogP contribution is -2.28. The van der Waals surface area contributed by atoms with Crippen LogP contribution in [0.1, 0.15) is 22.3 Å². The molecule has 1 aliphatic carbocycles. The summed E-state index contributed by atoms with van der Waals surface area (Å²) in [6, 6.07) is 78.3. The SMILES string of the molecule is c1ccc(C2(c3ccccc3)c3ccccc3-c3ccc(N(c4cccc(-c5cccc6c5sc5ccccc56)c4)c4cccc5ccccc45)cc32)cc1. The van der Waals surface area contributed by atoms with Gasteiger partial charge in [-0.1, -0.05) is 176 Å². The van der Waals surface area contributed by atoms with Gasteiger partial charge in [-0.2, -0.15) is 0 Å². The highest BCUT2D eigenvalue weighted by Gasteiger charge is 2.46. The number of fused-ring (bicyclic) bond motifs is 7. The van der Waals surface area contributed by atoms with Crippen molar-refractivity contribution in [1.29, 1.82) is 0 Å². The lowest BCUT2D eigenvalue weighted by Gasteiger charge is -2.35. The molecule has 0 spiro atoms. The number of benzene rings is 9. The third-order valence-electron chi connectivity index (χ3n) is 11.5. The van der Waals surface area contributed by atoms with Crippen molar-refractivity contribution >= 4 is 59.3 Å². The molecule has 1 heterocycles. The van der Waals surface area contributed by atoms with Crippen LogP contribution in [0.3, 0.4) is 0 Å². The first kappa shape index (κ1) is 31.8. The molecule has 0 unspecified atom stereocenters. The summed E-state index contributed by atoms with van der Waals surface area (Å²) in [6.07, 6.45) is 0. The van der Waals surface area contributed by atoms with Gasteiger partial charge in [0.25, 0.3) is 0 Å². The minimum Gasteiger partial charge on any atom is -0.310 e. The van der Waals surface area contributed by atoms with Gasteiger partial charge in [0.15, 0.2) is 0 Å². The smallest absolute Gasteiger partial charge is 0.0714 e. The second-order valence-electron chi connectivity index (χ2n) is 14.4. The minimum atomic E-state index is -0.493. The molecule has 258 valence electrons. The van der Waals surface area contributed by atoms with Crippen molar-refractivity contribution in [2.75, 3.05) is 4.90 Å². The molecular weight excluding hydrogens is 683 g/mol. The minimum absolute atomic E-state index is 0.493. The van der Waals surface area contributed by atoms with Crippen molar-refractivity contribution in [3.63, 3.8) is 0 Å². The van der Waals surface area contributed by atoms with Crippen LogP contribution in [0.5, 0.6) is 0 Å². The van der Waals surface area contributed by atoms with E-state index in [1.54, 1.807) is 0 Å². The third kappa shape index (κ3) is 4.85. The van der Waals surface area contributed by atoms with Crippen molar-refractivity contribution < 1.29 is 0 Å². The molecule has 0 radical (unpaired) electrons. The van der Waals surface area contributed by atoms with Gasteiger partial charge >= 0.3 is 0 Å². The number of anilines is 3. The van der Waals surface area contributed by atoms with E-state index >= 15 is 0 Å². The zero-order chi connectivity index (χ0) is 36.3. The third-order valence-corrected chi connectivity index (χ3v) is 12.7. The van der Waals surface area contributed by atoms with Crippen molar-refractivity contribution in [3.8, 4) is 22.3 Å². The lowest BCUT2D eigenvalue weighted by atomic mass is 9.67. The van der Waals surface area contributed by atoms with Crippen molar-refractivity contribution in [2.45, 2.75) is 5.41 Å². The molecule has 0 atom stereocenters. The molecule has 11 rings (SSSR count). The monoisotopic (exact) mass is 717 g/mol. The molecule has 0 amide bonds. The molecular formula is C53H35NS. The first-order valence-corrected chi connectivity index (χ1v) is 19.7. The van der Waals surface area contributed by atoms with Crippen LogP contribution in [0.4, 0.5) is 17.1 Å². The molecule has 0 saturated heterocycles. The van der Waals surface area contributed by atoms with Crippen LogP contribution in [0.2, 0.25) is 0 Å². The van der Waals surface area contributed by atoms with Crippen LogP contribution in [-0.4, -0.2) is 0 Å². The average molecular weight is 718 g/mol. The van der Waals surface area contributed by atoms with E-state index in [2.05, 4.69) is 217 Å². The number of rotatable bonds is 6. The molecule has 10 aromatic rings. The predicted octanol–water partition coefficient (Wildman–Crippen LogP) is 14.7. The van der Waals surface area contributed by atoms with E-state index in [9.17, 15) is 0 Å². The zero-order valence-electron chi connectivity index (χ0n) is 30.1. The van der Waals surface area contributed by atoms with E-state index in [1.807, 2.05) is 11.3 Å². The quantitative estimate of drug-likeness (QED) is 0.166. The summed E-state index contributed by atoms with van der Waals surface area (Å²) in [5, 5.41) is 5.05. The van der Waals surface area contributed by atoms with Crippen LogP contribution < -0.4 is 4.90 Å². The van der Waals surface area contributed by atoms with E-state index < -0.39 is 5.41 Å². The zero-order valence-corrected chi connectivity index (χ0v) is 30.9. The van der Waals surface area contributed by atoms with Gasteiger partial charge in [0.05, 0.1) is 11.1 Å². The fourth-order valence-corrected chi connectivity index (χ4v) is 10.4. The Labute approximate surface area is 325 Å². The largest absolute Gasteiger partial charge is 0.310 e. The van der Waals surface area contributed by atoms with Gasteiger partial charge in [-0.25, -0.2) is 0 Å². The molecule has 2 heteroatoms. The summed E-state index contributed by atoms with van der Waals surface area (Å²) in [5.41, 5.74) is 13.1. The van der Waals surface area contributed by atoms with Gasteiger partial charge in [-0.3, -0.25) is 0 Å². The summed E-state index contributed by atoms with van der Waals surface area (Å²) in [4.78, 5) is 2.47. The first-order valence-electron chi connectivity index (χ1n) is 18.9. The highest BCUT2D eigenvalue weighted by Crippen LogP contribution is 2.57. The molecule has 0 aliphatic heterocycles. The highest BCUT2D eigenvalue weighted by molar-refractivity contribution is 7.26. The van der Waals surface area contributed by atoms with Crippen molar-refractivity contribution in [1.82, 2.24) is 0 Å². The number of hydrogen-bond acceptors (Lipinski definition) is 2. The van der Waals surface area contributed by atoms with Gasteiger partial charge < -0.3 is 4.90 Å². The maximum atomic E-state index is 2.47. The van der Waals surface area contributed by atoms with Crippen LogP contribution in [0.15, 0.2) is 212 Å². The Balaban J connectivity index is 1.18. The molecule has 1 aromatic heterocycles. The fraction of sp³-hybridized carbons (Fsp3) is 0.0189. The lowest BCUT2D eigenvalue weighted by molar-refractivity contribution is 0.768. The topological polar surface area (TPSA) is 3.24 Å². The first-order chi connectivity index (χ1) is 27.3. The van der Waals surface area contributed by atoms with Gasteiger partial charge in [0.2, 0.25) is 0 Å². The van der Waals surface area contributed by atoms with Crippen molar-refractivity contribution in [3.05, 3.63) is 235 Å². The highest BCUT2D eigenvalue weighted by atomic mass is 32.1. The van der Waals surface area contributed by atoms with E-state index in [-0.39, 0.29) is 0 Å². The number of hydrogen-bond donors (Lipinski definition) is 0. The van der Waals surface area contributed by atoms with Crippen molar-refractivity contribution in [2.24, 2.45) is 0 Å². The Hall–Kier alpha value is -6.74. The van der Waals surface area contributed by atoms with E-state index in [4.69, 9.17) is 0 Å². The Kier molecular flexibility index (Phi) is 7.33. The molecule has 1 nitrogen and oxygen atoms in total. The standard InChI is InChI=1S/C53H35NS/c1-3-19-38(20-4-1)53(39-21-5-2-6-22-39)48-29-11-9-25-44(48)45-33-32-41(35-49(45)53)54(50-30-14-17-36-16-7-8-24-42(36)50)40-23-13-18-37(34-40)43-27-15-28-47-46-26-10-12-31-51(46)55-52(43)47/h1-35H. The summed E-state index contributed by atoms with van der Waals surface area (Å²) in [7, 11) is 0. The summed E-state index contributed by atoms with van der Waals surface area (Å²) >= 11 is 1.88. The Morgan fingerprint density at radius 2 is 0.982 bits per heavy atom. The molecule has 1 aliphatic rings. The Morgan fingerprint density at radius 3 is 1.82 bits per heavy atom. The normalized spacial score (nSPS) is 12.9. The van der Waals surface area contributed by atoms with Crippen LogP contribution in [0, 0.1) is 0 Å². The number of thiophene rings is 1. The van der Waals surface area contributed by atoms with E-state index in [1.165, 1.54) is 75.5 Å². The second kappa shape index (κ2) is 12.7. The van der Waals surface area contributed by atoms with Crippen LogP contribution in [0.25, 0.3) is 53.2 Å². The van der Waals surface area contributed by atoms with Crippen LogP contribution >= 0.6 is 11.3 Å². The van der Waals surface area contributed by atoms with Crippen LogP contribution in [-0.2, 0) is 5.41 Å². The average Bonchev–Trinajstić information content (AvgIpc) is 3.79. The van der Waals surface area contributed by atoms with E-state index in [0.29, 0.717) is 0 Å². The van der Waals surface area contributed by atoms with Gasteiger partial charge in [-0.15, -0.1) is 11.3 Å². The summed E-state index contributed by atoms with van der Waals surface area (Å²) < 4.78 is 2.64. The summed E-state index contributed by atoms with van der Waals surface area (Å²) in [6.45, 7) is 0. The molecule has 9 aromatic carbocycles. The number of nitrogens with zero attached hydrogens (tertiary/aromatic N) is 1. The molecule has 0 fully saturated rings. The molecule has 55 heavy (non-hydrogen) atoms. The maximum absolute atomic E-state index is 2.47. The van der Waals surface area contributed by atoms with Gasteiger partial charge in [-0.05, 0) is 86.3 Å². The Bertz CT molecular complexity index is 3000. The Morgan fingerprint density at radius 1 is 0.382 bits per heavy atom. The predicted molar refractivity (Wildman–Crippen MR) is 234 cm³/mol. The molecule has 0 bridgehead atoms. The maximum Gasteiger partial charge on any atom is 0.0714 e. The van der Waals surface area contributed by atoms with Gasteiger partial charge in [0, 0.05) is 36.9 Å².